The van der Waals surface area contributed by atoms with Crippen molar-refractivity contribution in [2.24, 2.45) is 0 Å². The van der Waals surface area contributed by atoms with Gasteiger partial charge >= 0.3 is 0 Å². The molecule has 0 radical (unpaired) electrons. The lowest BCUT2D eigenvalue weighted by atomic mass is 10.0. The topological polar surface area (TPSA) is 45.2 Å². The van der Waals surface area contributed by atoms with Crippen LogP contribution in [0.25, 0.3) is 10.9 Å². The van der Waals surface area contributed by atoms with Crippen LogP contribution in [0.3, 0.4) is 0 Å². The number of aliphatic hydroxyl groups excluding tert-OH is 1. The van der Waals surface area contributed by atoms with Gasteiger partial charge in [0, 0.05) is 29.9 Å². The monoisotopic (exact) mass is 258 g/mol. The highest BCUT2D eigenvalue weighted by Gasteiger charge is 2.03. The molecule has 0 aliphatic carbocycles. The second-order valence-electron chi connectivity index (χ2n) is 4.87. The Labute approximate surface area is 114 Å². The Hall–Kier alpha value is -1.61. The fourth-order valence-corrected chi connectivity index (χ4v) is 2.31. The van der Waals surface area contributed by atoms with E-state index in [0.29, 0.717) is 0 Å². The highest BCUT2D eigenvalue weighted by Crippen LogP contribution is 2.23. The summed E-state index contributed by atoms with van der Waals surface area (Å²) in [7, 11) is 0. The number of nitrogens with zero attached hydrogens (tertiary/aromatic N) is 1. The number of rotatable bonds is 6. The Morgan fingerprint density at radius 1 is 1.21 bits per heavy atom. The van der Waals surface area contributed by atoms with Gasteiger partial charge in [-0.3, -0.25) is 4.98 Å². The van der Waals surface area contributed by atoms with Crippen LogP contribution in [0.1, 0.15) is 31.0 Å². The second-order valence-corrected chi connectivity index (χ2v) is 4.87. The first-order valence-electron chi connectivity index (χ1n) is 6.99. The minimum atomic E-state index is 0.266. The number of benzene rings is 1. The summed E-state index contributed by atoms with van der Waals surface area (Å²) in [6.07, 6.45) is 2.86. The molecule has 1 aromatic heterocycles. The van der Waals surface area contributed by atoms with E-state index in [0.717, 1.165) is 42.7 Å². The third-order valence-corrected chi connectivity index (χ3v) is 3.32. The van der Waals surface area contributed by atoms with Crippen LogP contribution >= 0.6 is 0 Å². The summed E-state index contributed by atoms with van der Waals surface area (Å²) in [6.45, 7) is 5.38. The fourth-order valence-electron chi connectivity index (χ4n) is 2.31. The van der Waals surface area contributed by atoms with E-state index in [4.69, 9.17) is 5.11 Å². The van der Waals surface area contributed by atoms with Crippen molar-refractivity contribution in [3.05, 3.63) is 35.5 Å². The van der Waals surface area contributed by atoms with E-state index in [9.17, 15) is 0 Å². The molecule has 0 unspecified atom stereocenters. The summed E-state index contributed by atoms with van der Waals surface area (Å²) < 4.78 is 0. The molecule has 0 amide bonds. The van der Waals surface area contributed by atoms with Crippen LogP contribution in [0.5, 0.6) is 0 Å². The molecule has 0 saturated carbocycles. The number of nitrogens with one attached hydrogen (secondary N) is 1. The van der Waals surface area contributed by atoms with E-state index in [2.05, 4.69) is 41.5 Å². The lowest BCUT2D eigenvalue weighted by molar-refractivity contribution is 0.286. The van der Waals surface area contributed by atoms with Gasteiger partial charge in [0.05, 0.1) is 5.52 Å². The Morgan fingerprint density at radius 2 is 2.05 bits per heavy atom. The summed E-state index contributed by atoms with van der Waals surface area (Å²) in [5.41, 5.74) is 4.62. The first kappa shape index (κ1) is 13.8. The number of unbranched alkanes of at least 4 members (excludes halogenated alkanes) is 1. The van der Waals surface area contributed by atoms with E-state index >= 15 is 0 Å². The molecule has 0 aliphatic heterocycles. The first-order chi connectivity index (χ1) is 9.24. The number of pyridine rings is 1. The summed E-state index contributed by atoms with van der Waals surface area (Å²) in [4.78, 5) is 4.57. The van der Waals surface area contributed by atoms with Crippen LogP contribution in [0.2, 0.25) is 0 Å². The van der Waals surface area contributed by atoms with Crippen molar-refractivity contribution in [2.75, 3.05) is 18.5 Å². The molecule has 3 nitrogen and oxygen atoms in total. The molecule has 0 saturated heterocycles. The van der Waals surface area contributed by atoms with Gasteiger partial charge in [0.25, 0.3) is 0 Å². The van der Waals surface area contributed by atoms with Gasteiger partial charge in [0.15, 0.2) is 0 Å². The quantitative estimate of drug-likeness (QED) is 0.781. The Bertz CT molecular complexity index is 552. The van der Waals surface area contributed by atoms with E-state index in [1.807, 2.05) is 6.92 Å². The molecule has 0 fully saturated rings. The number of fused-ring (bicyclic) bond motifs is 1. The Balaban J connectivity index is 2.21. The summed E-state index contributed by atoms with van der Waals surface area (Å²) in [6, 6.07) is 8.50. The number of aliphatic hydroxyl groups is 1. The zero-order valence-corrected chi connectivity index (χ0v) is 11.7. The van der Waals surface area contributed by atoms with Crippen molar-refractivity contribution in [3.63, 3.8) is 0 Å². The minimum Gasteiger partial charge on any atom is -0.396 e. The second kappa shape index (κ2) is 6.53. The van der Waals surface area contributed by atoms with Crippen LogP contribution in [-0.4, -0.2) is 23.2 Å². The number of anilines is 1. The first-order valence-corrected chi connectivity index (χ1v) is 6.99. The molecule has 1 aromatic carbocycles. The molecule has 19 heavy (non-hydrogen) atoms. The zero-order chi connectivity index (χ0) is 13.7. The smallest absolute Gasteiger partial charge is 0.0709 e. The van der Waals surface area contributed by atoms with Crippen molar-refractivity contribution in [2.45, 2.75) is 33.1 Å². The Morgan fingerprint density at radius 3 is 2.79 bits per heavy atom. The molecule has 2 N–H and O–H groups in total. The van der Waals surface area contributed by atoms with Gasteiger partial charge in [-0.1, -0.05) is 6.92 Å². The maximum Gasteiger partial charge on any atom is 0.0709 e. The molecule has 0 aliphatic rings. The number of aromatic nitrogens is 1. The highest BCUT2D eigenvalue weighted by atomic mass is 16.2. The molecule has 0 bridgehead atoms. The van der Waals surface area contributed by atoms with E-state index in [1.54, 1.807) is 0 Å². The molecule has 102 valence electrons. The van der Waals surface area contributed by atoms with Crippen molar-refractivity contribution in [3.8, 4) is 0 Å². The molecule has 3 heteroatoms. The average Bonchev–Trinajstić information content (AvgIpc) is 2.43. The number of hydrogen-bond acceptors (Lipinski definition) is 3. The van der Waals surface area contributed by atoms with Crippen molar-refractivity contribution in [1.82, 2.24) is 4.98 Å². The molecule has 2 rings (SSSR count). The Kier molecular flexibility index (Phi) is 4.74. The molecule has 1 heterocycles. The maximum absolute atomic E-state index is 8.76. The van der Waals surface area contributed by atoms with Gasteiger partial charge in [-0.05, 0) is 56.0 Å². The fraction of sp³-hybridized carbons (Fsp3) is 0.438. The molecule has 2 aromatic rings. The number of aryl methyl sites for hydroxylation is 2. The van der Waals surface area contributed by atoms with Gasteiger partial charge in [-0.15, -0.1) is 0 Å². The molecular formula is C16H22N2O. The third-order valence-electron chi connectivity index (χ3n) is 3.32. The van der Waals surface area contributed by atoms with Crippen LogP contribution < -0.4 is 5.32 Å². The average molecular weight is 258 g/mol. The predicted octanol–water partition coefficient (Wildman–Crippen LogP) is 3.29. The lowest BCUT2D eigenvalue weighted by Gasteiger charge is -2.10. The summed E-state index contributed by atoms with van der Waals surface area (Å²) in [5, 5.41) is 13.4. The van der Waals surface area contributed by atoms with Crippen LogP contribution in [-0.2, 0) is 6.42 Å². The summed E-state index contributed by atoms with van der Waals surface area (Å²) in [5.74, 6) is 0. The normalized spacial score (nSPS) is 10.9. The zero-order valence-electron chi connectivity index (χ0n) is 11.7. The van der Waals surface area contributed by atoms with Crippen molar-refractivity contribution >= 4 is 16.6 Å². The molecular weight excluding hydrogens is 236 g/mol. The largest absolute Gasteiger partial charge is 0.396 e. The van der Waals surface area contributed by atoms with Crippen molar-refractivity contribution < 1.29 is 5.11 Å². The number of hydrogen-bond donors (Lipinski definition) is 2. The highest BCUT2D eigenvalue weighted by molar-refractivity contribution is 5.85. The van der Waals surface area contributed by atoms with Gasteiger partial charge < -0.3 is 10.4 Å². The van der Waals surface area contributed by atoms with Gasteiger partial charge in [-0.2, -0.15) is 0 Å². The van der Waals surface area contributed by atoms with Gasteiger partial charge in [-0.25, -0.2) is 0 Å². The van der Waals surface area contributed by atoms with E-state index in [1.165, 1.54) is 10.9 Å². The van der Waals surface area contributed by atoms with E-state index < -0.39 is 0 Å². The van der Waals surface area contributed by atoms with Crippen LogP contribution in [0.15, 0.2) is 24.3 Å². The van der Waals surface area contributed by atoms with Crippen molar-refractivity contribution in [1.29, 1.82) is 0 Å². The minimum absolute atomic E-state index is 0.266. The maximum atomic E-state index is 8.76. The predicted molar refractivity (Wildman–Crippen MR) is 80.7 cm³/mol. The summed E-state index contributed by atoms with van der Waals surface area (Å²) >= 11 is 0. The van der Waals surface area contributed by atoms with Gasteiger partial charge in [0.2, 0.25) is 0 Å². The van der Waals surface area contributed by atoms with E-state index in [-0.39, 0.29) is 6.61 Å². The lowest BCUT2D eigenvalue weighted by Crippen LogP contribution is -2.02. The molecule has 0 spiro atoms. The van der Waals surface area contributed by atoms with Crippen LogP contribution in [0, 0.1) is 6.92 Å². The SMILES string of the molecule is CCc1cc(C)nc2ccc(NCCCCO)cc12. The van der Waals surface area contributed by atoms with Crippen LogP contribution in [0.4, 0.5) is 5.69 Å². The third kappa shape index (κ3) is 3.44. The molecule has 0 atom stereocenters. The van der Waals surface area contributed by atoms with Gasteiger partial charge in [0.1, 0.15) is 0 Å². The standard InChI is InChI=1S/C16H22N2O/c1-3-13-10-12(2)18-16-7-6-14(11-15(13)16)17-8-4-5-9-19/h6-7,10-11,17,19H,3-5,8-9H2,1-2H3.